The van der Waals surface area contributed by atoms with E-state index < -0.39 is 0 Å². The van der Waals surface area contributed by atoms with Gasteiger partial charge in [-0.25, -0.2) is 0 Å². The number of carbonyl (C=O) groups is 1. The molecule has 1 aromatic heterocycles. The third-order valence-corrected chi connectivity index (χ3v) is 4.84. The number of nitrogens with zero attached hydrogens (tertiary/aromatic N) is 3. The summed E-state index contributed by atoms with van der Waals surface area (Å²) in [6, 6.07) is 0. The van der Waals surface area contributed by atoms with Gasteiger partial charge in [0.2, 0.25) is 17.7 Å². The smallest absolute Gasteiger partial charge is 0.222 e. The zero-order valence-corrected chi connectivity index (χ0v) is 12.9. The number of amides is 1. The van der Waals surface area contributed by atoms with Crippen molar-refractivity contribution < 1.29 is 9.21 Å². The second-order valence-corrected chi connectivity index (χ2v) is 6.35. The van der Waals surface area contributed by atoms with Crippen molar-refractivity contribution in [2.45, 2.75) is 70.1 Å². The number of aromatic nitrogens is 2. The first-order valence-electron chi connectivity index (χ1n) is 8.39. The lowest BCUT2D eigenvalue weighted by Gasteiger charge is -2.30. The van der Waals surface area contributed by atoms with E-state index in [-0.39, 0.29) is 11.8 Å². The number of hydrogen-bond donors (Lipinski definition) is 0. The Kier molecular flexibility index (Phi) is 4.56. The van der Waals surface area contributed by atoms with E-state index in [0.717, 1.165) is 37.7 Å². The molecule has 1 unspecified atom stereocenters. The molecule has 5 nitrogen and oxygen atoms in total. The molecule has 0 bridgehead atoms. The second-order valence-electron chi connectivity index (χ2n) is 6.35. The zero-order valence-electron chi connectivity index (χ0n) is 12.9. The van der Waals surface area contributed by atoms with Crippen molar-refractivity contribution >= 4 is 5.91 Å². The van der Waals surface area contributed by atoms with E-state index in [1.807, 2.05) is 11.8 Å². The molecule has 0 N–H and O–H groups in total. The van der Waals surface area contributed by atoms with Gasteiger partial charge in [0.05, 0.1) is 5.92 Å². The maximum Gasteiger partial charge on any atom is 0.222 e. The molecule has 1 saturated carbocycles. The highest BCUT2D eigenvalue weighted by atomic mass is 16.4. The minimum absolute atomic E-state index is 0.221. The average molecular weight is 291 g/mol. The standard InChI is InChI=1S/C16H25N3O2/c1-2-14(20)19-10-6-9-13(11-19)16-18-17-15(21-16)12-7-4-3-5-8-12/h12-13H,2-11H2,1H3. The van der Waals surface area contributed by atoms with Crippen LogP contribution in [0.1, 0.15) is 81.9 Å². The summed E-state index contributed by atoms with van der Waals surface area (Å²) in [5.41, 5.74) is 0. The number of carbonyl (C=O) groups excluding carboxylic acids is 1. The van der Waals surface area contributed by atoms with Gasteiger partial charge < -0.3 is 9.32 Å². The van der Waals surface area contributed by atoms with E-state index in [2.05, 4.69) is 10.2 Å². The van der Waals surface area contributed by atoms with Crippen molar-refractivity contribution in [2.24, 2.45) is 0 Å². The first-order chi connectivity index (χ1) is 10.3. The Morgan fingerprint density at radius 3 is 2.48 bits per heavy atom. The molecule has 2 heterocycles. The molecule has 1 aromatic rings. The Hall–Kier alpha value is -1.39. The van der Waals surface area contributed by atoms with Crippen molar-refractivity contribution in [3.05, 3.63) is 11.8 Å². The maximum absolute atomic E-state index is 11.9. The largest absolute Gasteiger partial charge is 0.425 e. The third-order valence-electron chi connectivity index (χ3n) is 4.84. The van der Waals surface area contributed by atoms with Gasteiger partial charge in [0.15, 0.2) is 0 Å². The molecule has 21 heavy (non-hydrogen) atoms. The van der Waals surface area contributed by atoms with Crippen molar-refractivity contribution in [2.75, 3.05) is 13.1 Å². The number of hydrogen-bond acceptors (Lipinski definition) is 4. The highest BCUT2D eigenvalue weighted by Gasteiger charge is 2.29. The summed E-state index contributed by atoms with van der Waals surface area (Å²) in [5, 5.41) is 8.57. The second kappa shape index (κ2) is 6.58. The van der Waals surface area contributed by atoms with Crippen LogP contribution in [0.4, 0.5) is 0 Å². The van der Waals surface area contributed by atoms with Crippen molar-refractivity contribution in [1.82, 2.24) is 15.1 Å². The fourth-order valence-electron chi connectivity index (χ4n) is 3.55. The molecule has 1 atom stereocenters. The van der Waals surface area contributed by atoms with Crippen LogP contribution < -0.4 is 0 Å². The van der Waals surface area contributed by atoms with E-state index in [1.165, 1.54) is 32.1 Å². The van der Waals surface area contributed by atoms with Crippen LogP contribution in [0, 0.1) is 0 Å². The van der Waals surface area contributed by atoms with Gasteiger partial charge in [0, 0.05) is 25.4 Å². The van der Waals surface area contributed by atoms with E-state index in [4.69, 9.17) is 4.42 Å². The lowest BCUT2D eigenvalue weighted by Crippen LogP contribution is -2.38. The molecule has 116 valence electrons. The van der Waals surface area contributed by atoms with Gasteiger partial charge in [0.1, 0.15) is 0 Å². The third kappa shape index (κ3) is 3.27. The van der Waals surface area contributed by atoms with E-state index in [0.29, 0.717) is 12.3 Å². The van der Waals surface area contributed by atoms with Crippen molar-refractivity contribution in [3.8, 4) is 0 Å². The fourth-order valence-corrected chi connectivity index (χ4v) is 3.55. The highest BCUT2D eigenvalue weighted by molar-refractivity contribution is 5.75. The lowest BCUT2D eigenvalue weighted by molar-refractivity contribution is -0.132. The van der Waals surface area contributed by atoms with Gasteiger partial charge >= 0.3 is 0 Å². The van der Waals surface area contributed by atoms with Gasteiger partial charge in [-0.05, 0) is 25.7 Å². The quantitative estimate of drug-likeness (QED) is 0.858. The Labute approximate surface area is 126 Å². The predicted molar refractivity (Wildman–Crippen MR) is 79.0 cm³/mol. The number of rotatable bonds is 3. The van der Waals surface area contributed by atoms with Gasteiger partial charge in [-0.3, -0.25) is 4.79 Å². The van der Waals surface area contributed by atoms with Gasteiger partial charge in [-0.1, -0.05) is 26.2 Å². The lowest BCUT2D eigenvalue weighted by atomic mass is 9.89. The van der Waals surface area contributed by atoms with Crippen LogP contribution in [0.15, 0.2) is 4.42 Å². The number of likely N-dealkylation sites (tertiary alicyclic amines) is 1. The Morgan fingerprint density at radius 1 is 1.10 bits per heavy atom. The maximum atomic E-state index is 11.9. The van der Waals surface area contributed by atoms with Crippen molar-refractivity contribution in [1.29, 1.82) is 0 Å². The Bertz CT molecular complexity index is 480. The Balaban J connectivity index is 1.66. The fraction of sp³-hybridized carbons (Fsp3) is 0.812. The molecule has 0 aromatic carbocycles. The van der Waals surface area contributed by atoms with Gasteiger partial charge in [0.25, 0.3) is 0 Å². The molecule has 1 saturated heterocycles. The van der Waals surface area contributed by atoms with Crippen LogP contribution >= 0.6 is 0 Å². The highest BCUT2D eigenvalue weighted by Crippen LogP contribution is 2.33. The normalized spacial score (nSPS) is 24.2. The average Bonchev–Trinajstić information content (AvgIpc) is 3.05. The summed E-state index contributed by atoms with van der Waals surface area (Å²) in [6.07, 6.45) is 8.85. The zero-order chi connectivity index (χ0) is 14.7. The molecular weight excluding hydrogens is 266 g/mol. The molecular formula is C16H25N3O2. The molecule has 1 amide bonds. The van der Waals surface area contributed by atoms with E-state index in [1.54, 1.807) is 0 Å². The molecule has 2 aliphatic rings. The Morgan fingerprint density at radius 2 is 1.76 bits per heavy atom. The summed E-state index contributed by atoms with van der Waals surface area (Å²) in [5.74, 6) is 2.47. The molecule has 1 aliphatic carbocycles. The van der Waals surface area contributed by atoms with Crippen molar-refractivity contribution in [3.63, 3.8) is 0 Å². The summed E-state index contributed by atoms with van der Waals surface area (Å²) in [4.78, 5) is 13.8. The van der Waals surface area contributed by atoms with Crippen LogP contribution in [0.2, 0.25) is 0 Å². The summed E-state index contributed by atoms with van der Waals surface area (Å²) < 4.78 is 5.96. The van der Waals surface area contributed by atoms with Crippen LogP contribution in [0.3, 0.4) is 0 Å². The van der Waals surface area contributed by atoms with Crippen LogP contribution in [-0.4, -0.2) is 34.1 Å². The van der Waals surface area contributed by atoms with E-state index in [9.17, 15) is 4.79 Å². The van der Waals surface area contributed by atoms with Gasteiger partial charge in [-0.2, -0.15) is 0 Å². The molecule has 3 rings (SSSR count). The first kappa shape index (κ1) is 14.5. The SMILES string of the molecule is CCC(=O)N1CCCC(c2nnc(C3CCCCC3)o2)C1. The summed E-state index contributed by atoms with van der Waals surface area (Å²) >= 11 is 0. The summed E-state index contributed by atoms with van der Waals surface area (Å²) in [7, 11) is 0. The van der Waals surface area contributed by atoms with Crippen LogP contribution in [-0.2, 0) is 4.79 Å². The van der Waals surface area contributed by atoms with Crippen LogP contribution in [0.5, 0.6) is 0 Å². The molecule has 5 heteroatoms. The number of piperidine rings is 1. The molecule has 1 aliphatic heterocycles. The monoisotopic (exact) mass is 291 g/mol. The predicted octanol–water partition coefficient (Wildman–Crippen LogP) is 3.23. The minimum Gasteiger partial charge on any atom is -0.425 e. The van der Waals surface area contributed by atoms with Gasteiger partial charge in [-0.15, -0.1) is 10.2 Å². The minimum atomic E-state index is 0.221. The first-order valence-corrected chi connectivity index (χ1v) is 8.39. The molecule has 0 radical (unpaired) electrons. The topological polar surface area (TPSA) is 59.2 Å². The summed E-state index contributed by atoms with van der Waals surface area (Å²) in [6.45, 7) is 3.52. The molecule has 0 spiro atoms. The van der Waals surface area contributed by atoms with E-state index >= 15 is 0 Å². The van der Waals surface area contributed by atoms with Crippen LogP contribution in [0.25, 0.3) is 0 Å². The molecule has 2 fully saturated rings.